The summed E-state index contributed by atoms with van der Waals surface area (Å²) in [5.41, 5.74) is 4.34. The highest BCUT2D eigenvalue weighted by molar-refractivity contribution is 14.0. The first-order chi connectivity index (χ1) is 13.4. The lowest BCUT2D eigenvalue weighted by atomic mass is 10.1. The van der Waals surface area contributed by atoms with E-state index in [1.54, 1.807) is 7.05 Å². The number of aliphatic imine (C=N–C) groups is 1. The van der Waals surface area contributed by atoms with E-state index in [0.29, 0.717) is 25.6 Å². The van der Waals surface area contributed by atoms with E-state index < -0.39 is 10.0 Å². The van der Waals surface area contributed by atoms with Crippen LogP contribution in [0.15, 0.2) is 53.5 Å². The van der Waals surface area contributed by atoms with Crippen molar-refractivity contribution in [2.75, 3.05) is 37.2 Å². The molecule has 0 saturated carbocycles. The minimum atomic E-state index is -3.37. The summed E-state index contributed by atoms with van der Waals surface area (Å²) in [7, 11) is 0.290. The van der Waals surface area contributed by atoms with E-state index in [1.807, 2.05) is 48.3 Å². The molecular formula is C21H29IN4O2S. The van der Waals surface area contributed by atoms with E-state index in [2.05, 4.69) is 29.4 Å². The number of aryl methyl sites for hydroxylation is 1. The molecule has 1 aliphatic rings. The zero-order valence-electron chi connectivity index (χ0n) is 17.1. The van der Waals surface area contributed by atoms with Gasteiger partial charge in [0, 0.05) is 33.7 Å². The molecule has 2 aromatic carbocycles. The summed E-state index contributed by atoms with van der Waals surface area (Å²) in [6.45, 7) is 3.62. The van der Waals surface area contributed by atoms with Gasteiger partial charge in [-0.3, -0.25) is 9.30 Å². The third-order valence-corrected chi connectivity index (χ3v) is 6.84. The van der Waals surface area contributed by atoms with Crippen molar-refractivity contribution in [1.82, 2.24) is 10.2 Å². The number of rotatable bonds is 6. The lowest BCUT2D eigenvalue weighted by Gasteiger charge is -2.24. The van der Waals surface area contributed by atoms with Crippen LogP contribution in [0.25, 0.3) is 0 Å². The maximum Gasteiger partial charge on any atom is 0.236 e. The Balaban J connectivity index is 0.00000300. The van der Waals surface area contributed by atoms with Gasteiger partial charge in [0.1, 0.15) is 0 Å². The quantitative estimate of drug-likeness (QED) is 0.356. The monoisotopic (exact) mass is 528 g/mol. The summed E-state index contributed by atoms with van der Waals surface area (Å²) in [5.74, 6) is 0.707. The zero-order chi connectivity index (χ0) is 20.1. The third kappa shape index (κ3) is 5.63. The Hall–Kier alpha value is -1.81. The highest BCUT2D eigenvalue weighted by Gasteiger charge is 2.28. The Morgan fingerprint density at radius 3 is 2.59 bits per heavy atom. The second-order valence-corrected chi connectivity index (χ2v) is 9.04. The van der Waals surface area contributed by atoms with Crippen LogP contribution < -0.4 is 9.62 Å². The molecule has 1 aliphatic heterocycles. The predicted molar refractivity (Wildman–Crippen MR) is 131 cm³/mol. The minimum absolute atomic E-state index is 0. The summed E-state index contributed by atoms with van der Waals surface area (Å²) in [6, 6.07) is 15.9. The molecule has 0 bridgehead atoms. The molecule has 8 heteroatoms. The molecule has 0 unspecified atom stereocenters. The Bertz CT molecular complexity index is 963. The van der Waals surface area contributed by atoms with Crippen LogP contribution in [0.2, 0.25) is 0 Å². The first-order valence-electron chi connectivity index (χ1n) is 9.47. The Morgan fingerprint density at radius 1 is 1.17 bits per heavy atom. The first kappa shape index (κ1) is 23.5. The number of nitrogens with zero attached hydrogens (tertiary/aromatic N) is 3. The molecule has 0 aliphatic carbocycles. The van der Waals surface area contributed by atoms with Crippen LogP contribution in [0.3, 0.4) is 0 Å². The summed E-state index contributed by atoms with van der Waals surface area (Å²) >= 11 is 0. The molecule has 0 fully saturated rings. The van der Waals surface area contributed by atoms with Crippen molar-refractivity contribution in [2.45, 2.75) is 19.9 Å². The number of fused-ring (bicyclic) bond motifs is 1. The zero-order valence-corrected chi connectivity index (χ0v) is 20.3. The molecule has 0 spiro atoms. The van der Waals surface area contributed by atoms with Crippen LogP contribution >= 0.6 is 24.0 Å². The van der Waals surface area contributed by atoms with Gasteiger partial charge in [0.25, 0.3) is 0 Å². The van der Waals surface area contributed by atoms with Gasteiger partial charge in [0.05, 0.1) is 11.4 Å². The van der Waals surface area contributed by atoms with E-state index in [4.69, 9.17) is 0 Å². The lowest BCUT2D eigenvalue weighted by molar-refractivity contribution is 0.477. The molecule has 1 N–H and O–H groups in total. The Labute approximate surface area is 191 Å². The number of hydrogen-bond donors (Lipinski definition) is 1. The molecule has 0 saturated heterocycles. The average Bonchev–Trinajstić information content (AvgIpc) is 3.12. The van der Waals surface area contributed by atoms with Crippen molar-refractivity contribution in [3.05, 3.63) is 65.2 Å². The SMILES string of the molecule is CN=C(NCCS(=O)(=O)N1CCc2ccccc21)N(C)Cc1ccccc1C.I. The van der Waals surface area contributed by atoms with Crippen LogP contribution in [0.4, 0.5) is 5.69 Å². The van der Waals surface area contributed by atoms with Gasteiger partial charge in [0.2, 0.25) is 10.0 Å². The topological polar surface area (TPSA) is 65.0 Å². The Morgan fingerprint density at radius 2 is 1.86 bits per heavy atom. The molecule has 0 amide bonds. The number of halogens is 1. The van der Waals surface area contributed by atoms with Gasteiger partial charge in [-0.15, -0.1) is 24.0 Å². The smallest absolute Gasteiger partial charge is 0.236 e. The van der Waals surface area contributed by atoms with Crippen LogP contribution in [-0.2, 0) is 23.0 Å². The van der Waals surface area contributed by atoms with Gasteiger partial charge in [-0.1, -0.05) is 42.5 Å². The summed E-state index contributed by atoms with van der Waals surface area (Å²) in [6.07, 6.45) is 0.768. The number of anilines is 1. The van der Waals surface area contributed by atoms with Crippen LogP contribution in [0.1, 0.15) is 16.7 Å². The lowest BCUT2D eigenvalue weighted by Crippen LogP contribution is -2.42. The van der Waals surface area contributed by atoms with Crippen LogP contribution in [0, 0.1) is 6.92 Å². The summed E-state index contributed by atoms with van der Waals surface area (Å²) in [4.78, 5) is 6.29. The number of para-hydroxylation sites is 1. The molecule has 0 atom stereocenters. The van der Waals surface area contributed by atoms with E-state index in [0.717, 1.165) is 17.7 Å². The summed E-state index contributed by atoms with van der Waals surface area (Å²) < 4.78 is 27.1. The fraction of sp³-hybridized carbons (Fsp3) is 0.381. The van der Waals surface area contributed by atoms with Crippen molar-refractivity contribution < 1.29 is 8.42 Å². The van der Waals surface area contributed by atoms with Gasteiger partial charge >= 0.3 is 0 Å². The average molecular weight is 528 g/mol. The van der Waals surface area contributed by atoms with E-state index in [-0.39, 0.29) is 29.7 Å². The maximum atomic E-state index is 12.8. The third-order valence-electron chi connectivity index (χ3n) is 5.07. The van der Waals surface area contributed by atoms with Crippen molar-refractivity contribution in [1.29, 1.82) is 0 Å². The maximum absolute atomic E-state index is 12.8. The van der Waals surface area contributed by atoms with E-state index in [1.165, 1.54) is 15.4 Å². The van der Waals surface area contributed by atoms with Crippen LogP contribution in [0.5, 0.6) is 0 Å². The highest BCUT2D eigenvalue weighted by atomic mass is 127. The highest BCUT2D eigenvalue weighted by Crippen LogP contribution is 2.29. The van der Waals surface area contributed by atoms with Gasteiger partial charge in [-0.25, -0.2) is 8.42 Å². The van der Waals surface area contributed by atoms with Gasteiger partial charge in [-0.2, -0.15) is 0 Å². The standard InChI is InChI=1S/C21H28N4O2S.HI/c1-17-8-4-5-10-19(17)16-24(3)21(22-2)23-13-15-28(26,27)25-14-12-18-9-6-7-11-20(18)25;/h4-11H,12-16H2,1-3H3,(H,22,23);1H. The largest absolute Gasteiger partial charge is 0.355 e. The van der Waals surface area contributed by atoms with Crippen molar-refractivity contribution in [2.24, 2.45) is 4.99 Å². The van der Waals surface area contributed by atoms with Crippen LogP contribution in [-0.4, -0.2) is 52.2 Å². The number of hydrogen-bond acceptors (Lipinski definition) is 3. The molecule has 0 radical (unpaired) electrons. The number of sulfonamides is 1. The number of nitrogens with one attached hydrogen (secondary N) is 1. The first-order valence-corrected chi connectivity index (χ1v) is 11.1. The molecule has 2 aromatic rings. The van der Waals surface area contributed by atoms with E-state index in [9.17, 15) is 8.42 Å². The molecular weight excluding hydrogens is 499 g/mol. The molecule has 1 heterocycles. The second kappa shape index (κ2) is 10.3. The van der Waals surface area contributed by atoms with Gasteiger partial charge < -0.3 is 10.2 Å². The second-order valence-electron chi connectivity index (χ2n) is 7.02. The predicted octanol–water partition coefficient (Wildman–Crippen LogP) is 3.01. The molecule has 6 nitrogen and oxygen atoms in total. The van der Waals surface area contributed by atoms with Crippen molar-refractivity contribution in [3.8, 4) is 0 Å². The molecule has 158 valence electrons. The minimum Gasteiger partial charge on any atom is -0.355 e. The fourth-order valence-corrected chi connectivity index (χ4v) is 4.93. The fourth-order valence-electron chi connectivity index (χ4n) is 3.50. The number of guanidine groups is 1. The van der Waals surface area contributed by atoms with Crippen molar-refractivity contribution >= 4 is 45.6 Å². The summed E-state index contributed by atoms with van der Waals surface area (Å²) in [5, 5.41) is 3.18. The molecule has 0 aromatic heterocycles. The van der Waals surface area contributed by atoms with E-state index >= 15 is 0 Å². The van der Waals surface area contributed by atoms with Crippen molar-refractivity contribution in [3.63, 3.8) is 0 Å². The molecule has 29 heavy (non-hydrogen) atoms. The normalized spacial score (nSPS) is 13.6. The number of benzene rings is 2. The van der Waals surface area contributed by atoms with Gasteiger partial charge in [0.15, 0.2) is 5.96 Å². The van der Waals surface area contributed by atoms with Gasteiger partial charge in [-0.05, 0) is 36.1 Å². The molecule has 3 rings (SSSR count). The Kier molecular flexibility index (Phi) is 8.33.